The van der Waals surface area contributed by atoms with E-state index in [1.807, 2.05) is 0 Å². The van der Waals surface area contributed by atoms with Crippen LogP contribution in [0.2, 0.25) is 0 Å². The quantitative estimate of drug-likeness (QED) is 0.623. The van der Waals surface area contributed by atoms with Crippen molar-refractivity contribution in [2.24, 2.45) is 0 Å². The summed E-state index contributed by atoms with van der Waals surface area (Å²) in [7, 11) is 0. The summed E-state index contributed by atoms with van der Waals surface area (Å²) < 4.78 is 33.0. The number of halogens is 2. The molecule has 0 saturated carbocycles. The van der Waals surface area contributed by atoms with Crippen LogP contribution in [0, 0.1) is 0 Å². The maximum absolute atomic E-state index is 14.3. The number of carbonyl (C=O) groups excluding carboxylic acids is 2. The highest BCUT2D eigenvalue weighted by atomic mass is 19.1. The van der Waals surface area contributed by atoms with Crippen LogP contribution in [0.4, 0.5) is 8.78 Å². The van der Waals surface area contributed by atoms with Gasteiger partial charge in [-0.25, -0.2) is 13.8 Å². The van der Waals surface area contributed by atoms with E-state index < -0.39 is 18.3 Å². The second-order valence-corrected chi connectivity index (χ2v) is 7.69. The molecule has 3 aromatic rings. The molecule has 1 fully saturated rings. The van der Waals surface area contributed by atoms with Gasteiger partial charge >= 0.3 is 0 Å². The Morgan fingerprint density at radius 2 is 1.78 bits per heavy atom. The maximum atomic E-state index is 14.3. The molecule has 2 aromatic carbocycles. The fourth-order valence-electron chi connectivity index (χ4n) is 3.53. The first-order chi connectivity index (χ1) is 15.5. The Labute approximate surface area is 184 Å². The molecule has 6 nitrogen and oxygen atoms in total. The number of benzene rings is 2. The Kier molecular flexibility index (Phi) is 6.58. The summed E-state index contributed by atoms with van der Waals surface area (Å²) in [4.78, 5) is 30.4. The number of aromatic nitrogens is 1. The highest BCUT2D eigenvalue weighted by molar-refractivity contribution is 5.92. The van der Waals surface area contributed by atoms with Gasteiger partial charge in [-0.3, -0.25) is 9.59 Å². The lowest BCUT2D eigenvalue weighted by Crippen LogP contribution is -2.39. The molecule has 1 aliphatic heterocycles. The van der Waals surface area contributed by atoms with Gasteiger partial charge in [0.15, 0.2) is 5.69 Å². The first-order valence-electron chi connectivity index (χ1n) is 10.5. The van der Waals surface area contributed by atoms with Crippen LogP contribution in [0.3, 0.4) is 0 Å². The summed E-state index contributed by atoms with van der Waals surface area (Å²) in [5.41, 5.74) is 1.93. The molecule has 1 unspecified atom stereocenters. The molecule has 1 N–H and O–H groups in total. The summed E-state index contributed by atoms with van der Waals surface area (Å²) in [6.45, 7) is 0.908. The van der Waals surface area contributed by atoms with Crippen molar-refractivity contribution in [1.82, 2.24) is 15.2 Å². The first-order valence-corrected chi connectivity index (χ1v) is 10.5. The molecule has 2 heterocycles. The number of rotatable bonds is 6. The minimum atomic E-state index is -1.73. The van der Waals surface area contributed by atoms with Crippen molar-refractivity contribution in [3.05, 3.63) is 77.7 Å². The number of piperidine rings is 1. The molecule has 0 aliphatic carbocycles. The van der Waals surface area contributed by atoms with Gasteiger partial charge in [0.2, 0.25) is 12.1 Å². The fraction of sp³-hybridized carbons (Fsp3) is 0.292. The van der Waals surface area contributed by atoms with E-state index in [2.05, 4.69) is 10.3 Å². The molecule has 1 aromatic heterocycles. The van der Waals surface area contributed by atoms with Crippen LogP contribution in [0.5, 0.6) is 0 Å². The predicted octanol–water partition coefficient (Wildman–Crippen LogP) is 4.24. The highest BCUT2D eigenvalue weighted by Crippen LogP contribution is 2.22. The Morgan fingerprint density at radius 3 is 2.47 bits per heavy atom. The molecular formula is C24H23F2N3O3. The van der Waals surface area contributed by atoms with Crippen LogP contribution >= 0.6 is 0 Å². The Hall–Kier alpha value is -3.55. The number of hydrogen-bond donors (Lipinski definition) is 1. The fourth-order valence-corrected chi connectivity index (χ4v) is 3.53. The SMILES string of the molecule is O=C(NCc1ccc(-c2nc(C(=O)N3CCC(F)CC3)co2)cc1)C(F)c1ccccc1. The number of amides is 2. The second-order valence-electron chi connectivity index (χ2n) is 7.69. The van der Waals surface area contributed by atoms with Gasteiger partial charge in [0.25, 0.3) is 11.8 Å². The van der Waals surface area contributed by atoms with Crippen molar-refractivity contribution in [2.45, 2.75) is 31.7 Å². The smallest absolute Gasteiger partial charge is 0.275 e. The second kappa shape index (κ2) is 9.72. The largest absolute Gasteiger partial charge is 0.444 e. The van der Waals surface area contributed by atoms with Crippen LogP contribution in [-0.4, -0.2) is 41.0 Å². The van der Waals surface area contributed by atoms with Gasteiger partial charge in [-0.05, 0) is 36.1 Å². The number of oxazole rings is 1. The predicted molar refractivity (Wildman–Crippen MR) is 114 cm³/mol. The van der Waals surface area contributed by atoms with Crippen LogP contribution in [0.1, 0.15) is 40.6 Å². The van der Waals surface area contributed by atoms with E-state index in [1.165, 1.54) is 6.26 Å². The molecule has 0 radical (unpaired) electrons. The molecule has 1 saturated heterocycles. The molecule has 4 rings (SSSR count). The molecule has 32 heavy (non-hydrogen) atoms. The number of alkyl halides is 2. The van der Waals surface area contributed by atoms with Crippen molar-refractivity contribution in [2.75, 3.05) is 13.1 Å². The minimum Gasteiger partial charge on any atom is -0.444 e. The minimum absolute atomic E-state index is 0.173. The van der Waals surface area contributed by atoms with Crippen LogP contribution in [-0.2, 0) is 11.3 Å². The van der Waals surface area contributed by atoms with E-state index in [9.17, 15) is 18.4 Å². The zero-order valence-electron chi connectivity index (χ0n) is 17.3. The van der Waals surface area contributed by atoms with Gasteiger partial charge in [0.1, 0.15) is 12.4 Å². The van der Waals surface area contributed by atoms with Crippen LogP contribution < -0.4 is 5.32 Å². The third kappa shape index (κ3) is 5.01. The van der Waals surface area contributed by atoms with Crippen molar-refractivity contribution in [3.8, 4) is 11.5 Å². The number of nitrogens with zero attached hydrogens (tertiary/aromatic N) is 2. The molecule has 0 spiro atoms. The normalized spacial score (nSPS) is 15.4. The van der Waals surface area contributed by atoms with Gasteiger partial charge in [0, 0.05) is 25.2 Å². The molecule has 2 amide bonds. The average molecular weight is 439 g/mol. The third-order valence-corrected chi connectivity index (χ3v) is 5.43. The Balaban J connectivity index is 1.34. The number of carbonyl (C=O) groups is 2. The zero-order chi connectivity index (χ0) is 22.5. The Morgan fingerprint density at radius 1 is 1.09 bits per heavy atom. The van der Waals surface area contributed by atoms with E-state index in [4.69, 9.17) is 4.42 Å². The van der Waals surface area contributed by atoms with E-state index in [-0.39, 0.29) is 24.0 Å². The van der Waals surface area contributed by atoms with Crippen molar-refractivity contribution < 1.29 is 22.8 Å². The average Bonchev–Trinajstić information content (AvgIpc) is 3.33. The molecule has 8 heteroatoms. The summed E-state index contributed by atoms with van der Waals surface area (Å²) >= 11 is 0. The molecule has 1 atom stereocenters. The molecule has 1 aliphatic rings. The lowest BCUT2D eigenvalue weighted by atomic mass is 10.1. The molecular weight excluding hydrogens is 416 g/mol. The zero-order valence-corrected chi connectivity index (χ0v) is 17.3. The van der Waals surface area contributed by atoms with E-state index >= 15 is 0 Å². The van der Waals surface area contributed by atoms with Gasteiger partial charge in [-0.2, -0.15) is 0 Å². The standard InChI is InChI=1S/C24H23F2N3O3/c25-19-10-12-29(13-11-19)24(31)20-15-32-23(28-20)18-8-6-16(7-9-18)14-27-22(30)21(26)17-4-2-1-3-5-17/h1-9,15,19,21H,10-14H2,(H,27,30). The third-order valence-electron chi connectivity index (χ3n) is 5.43. The van der Waals surface area contributed by atoms with Gasteiger partial charge in [-0.1, -0.05) is 42.5 Å². The van der Waals surface area contributed by atoms with Crippen LogP contribution in [0.25, 0.3) is 11.5 Å². The van der Waals surface area contributed by atoms with E-state index in [0.29, 0.717) is 37.1 Å². The summed E-state index contributed by atoms with van der Waals surface area (Å²) in [5.74, 6) is -0.685. The highest BCUT2D eigenvalue weighted by Gasteiger charge is 2.25. The van der Waals surface area contributed by atoms with E-state index in [0.717, 1.165) is 5.56 Å². The monoisotopic (exact) mass is 439 g/mol. The number of hydrogen-bond acceptors (Lipinski definition) is 4. The van der Waals surface area contributed by atoms with Crippen molar-refractivity contribution >= 4 is 11.8 Å². The van der Waals surface area contributed by atoms with Crippen molar-refractivity contribution in [1.29, 1.82) is 0 Å². The number of likely N-dealkylation sites (tertiary alicyclic amines) is 1. The van der Waals surface area contributed by atoms with Crippen LogP contribution in [0.15, 0.2) is 65.3 Å². The summed E-state index contributed by atoms with van der Waals surface area (Å²) in [6, 6.07) is 15.3. The lowest BCUT2D eigenvalue weighted by molar-refractivity contribution is -0.126. The van der Waals surface area contributed by atoms with E-state index in [1.54, 1.807) is 59.5 Å². The molecule has 0 bridgehead atoms. The summed E-state index contributed by atoms with van der Waals surface area (Å²) in [6.07, 6.45) is -0.608. The Bertz CT molecular complexity index is 1060. The maximum Gasteiger partial charge on any atom is 0.275 e. The van der Waals surface area contributed by atoms with Gasteiger partial charge in [0.05, 0.1) is 0 Å². The molecule has 166 valence electrons. The first kappa shape index (κ1) is 21.7. The lowest BCUT2D eigenvalue weighted by Gasteiger charge is -2.27. The van der Waals surface area contributed by atoms with Gasteiger partial charge in [-0.15, -0.1) is 0 Å². The number of nitrogens with one attached hydrogen (secondary N) is 1. The summed E-state index contributed by atoms with van der Waals surface area (Å²) in [5, 5.41) is 2.59. The topological polar surface area (TPSA) is 75.4 Å². The van der Waals surface area contributed by atoms with Crippen molar-refractivity contribution in [3.63, 3.8) is 0 Å². The van der Waals surface area contributed by atoms with Gasteiger partial charge < -0.3 is 14.6 Å².